The average molecular weight is 456 g/mol. The van der Waals surface area contributed by atoms with Gasteiger partial charge in [-0.1, -0.05) is 48.5 Å². The standard InChI is InChI=1S/C24H28N2O7/c1-16(27)26-22(23(28)29)15-32-13-12-31-11-10-25-24(30)33-14-21-19-8-4-2-6-17(19)18-7-3-5-9-20(18)21/h2-9,21-22H,10-15H2,1H3,(H,25,30)(H,26,27)(H,28,29)/t22-/m0/s1. The Morgan fingerprint density at radius 2 is 1.55 bits per heavy atom. The maximum absolute atomic E-state index is 12.1. The van der Waals surface area contributed by atoms with Gasteiger partial charge in [0.05, 0.1) is 26.4 Å². The van der Waals surface area contributed by atoms with Gasteiger partial charge in [0, 0.05) is 19.4 Å². The van der Waals surface area contributed by atoms with Gasteiger partial charge in [-0.2, -0.15) is 0 Å². The number of rotatable bonds is 12. The molecule has 1 atom stereocenters. The van der Waals surface area contributed by atoms with Crippen LogP contribution >= 0.6 is 0 Å². The number of fused-ring (bicyclic) bond motifs is 3. The lowest BCUT2D eigenvalue weighted by Gasteiger charge is -2.15. The van der Waals surface area contributed by atoms with Crippen LogP contribution in [0.15, 0.2) is 48.5 Å². The van der Waals surface area contributed by atoms with Gasteiger partial charge in [-0.15, -0.1) is 0 Å². The second-order valence-corrected chi connectivity index (χ2v) is 7.53. The van der Waals surface area contributed by atoms with Crippen LogP contribution in [-0.4, -0.2) is 68.7 Å². The fourth-order valence-corrected chi connectivity index (χ4v) is 3.72. The lowest BCUT2D eigenvalue weighted by Crippen LogP contribution is -2.43. The van der Waals surface area contributed by atoms with Crippen LogP contribution in [0.3, 0.4) is 0 Å². The van der Waals surface area contributed by atoms with Gasteiger partial charge in [-0.05, 0) is 22.3 Å². The molecule has 0 saturated heterocycles. The van der Waals surface area contributed by atoms with Crippen LogP contribution in [0.2, 0.25) is 0 Å². The van der Waals surface area contributed by atoms with Gasteiger partial charge in [0.2, 0.25) is 5.91 Å². The number of carbonyl (C=O) groups is 3. The summed E-state index contributed by atoms with van der Waals surface area (Å²) < 4.78 is 16.0. The van der Waals surface area contributed by atoms with Crippen molar-refractivity contribution in [3.05, 3.63) is 59.7 Å². The molecule has 0 spiro atoms. The van der Waals surface area contributed by atoms with E-state index in [2.05, 4.69) is 34.9 Å². The number of ether oxygens (including phenoxy) is 3. The number of amides is 2. The molecule has 0 saturated carbocycles. The molecule has 0 aliphatic heterocycles. The molecule has 0 aromatic heterocycles. The first-order valence-electron chi connectivity index (χ1n) is 10.7. The highest BCUT2D eigenvalue weighted by Gasteiger charge is 2.28. The second-order valence-electron chi connectivity index (χ2n) is 7.53. The number of carbonyl (C=O) groups excluding carboxylic acids is 2. The third kappa shape index (κ3) is 6.77. The van der Waals surface area contributed by atoms with E-state index in [4.69, 9.17) is 19.3 Å². The summed E-state index contributed by atoms with van der Waals surface area (Å²) >= 11 is 0. The number of hydrogen-bond acceptors (Lipinski definition) is 6. The fraction of sp³-hybridized carbons (Fsp3) is 0.375. The molecule has 2 amide bonds. The van der Waals surface area contributed by atoms with Crippen molar-refractivity contribution >= 4 is 18.0 Å². The molecule has 176 valence electrons. The molecule has 0 radical (unpaired) electrons. The van der Waals surface area contributed by atoms with E-state index in [1.54, 1.807) is 0 Å². The summed E-state index contributed by atoms with van der Waals surface area (Å²) in [5, 5.41) is 13.9. The molecule has 33 heavy (non-hydrogen) atoms. The van der Waals surface area contributed by atoms with Crippen molar-refractivity contribution in [3.63, 3.8) is 0 Å². The van der Waals surface area contributed by atoms with Crippen molar-refractivity contribution in [1.29, 1.82) is 0 Å². The molecule has 9 nitrogen and oxygen atoms in total. The highest BCUT2D eigenvalue weighted by atomic mass is 16.6. The SMILES string of the molecule is CC(=O)N[C@@H](COCCOCCNC(=O)OCC1c2ccccc2-c2ccccc21)C(=O)O. The predicted molar refractivity (Wildman–Crippen MR) is 120 cm³/mol. The van der Waals surface area contributed by atoms with Gasteiger partial charge in [-0.25, -0.2) is 9.59 Å². The third-order valence-corrected chi connectivity index (χ3v) is 5.19. The van der Waals surface area contributed by atoms with Gasteiger partial charge in [0.1, 0.15) is 6.61 Å². The Kier molecular flexibility index (Phi) is 8.79. The molecule has 1 aliphatic rings. The molecule has 0 fully saturated rings. The highest BCUT2D eigenvalue weighted by Crippen LogP contribution is 2.44. The summed E-state index contributed by atoms with van der Waals surface area (Å²) in [6, 6.07) is 15.2. The van der Waals surface area contributed by atoms with Crippen LogP contribution in [0.5, 0.6) is 0 Å². The summed E-state index contributed by atoms with van der Waals surface area (Å²) in [6.45, 7) is 2.22. The van der Waals surface area contributed by atoms with E-state index >= 15 is 0 Å². The zero-order valence-electron chi connectivity index (χ0n) is 18.4. The number of alkyl carbamates (subject to hydrolysis) is 1. The minimum Gasteiger partial charge on any atom is -0.480 e. The van der Waals surface area contributed by atoms with Crippen LogP contribution in [0.1, 0.15) is 24.0 Å². The Labute approximate surface area is 192 Å². The van der Waals surface area contributed by atoms with Crippen molar-refractivity contribution in [2.75, 3.05) is 39.6 Å². The topological polar surface area (TPSA) is 123 Å². The molecule has 0 heterocycles. The normalized spacial score (nSPS) is 13.0. The van der Waals surface area contributed by atoms with Gasteiger partial charge in [-0.3, -0.25) is 4.79 Å². The molecular formula is C24H28N2O7. The number of nitrogens with one attached hydrogen (secondary N) is 2. The van der Waals surface area contributed by atoms with Gasteiger partial charge in [0.25, 0.3) is 0 Å². The quantitative estimate of drug-likeness (QED) is 0.418. The Hall–Kier alpha value is -3.43. The van der Waals surface area contributed by atoms with Crippen molar-refractivity contribution in [2.24, 2.45) is 0 Å². The van der Waals surface area contributed by atoms with Crippen LogP contribution in [0, 0.1) is 0 Å². The molecule has 0 bridgehead atoms. The van der Waals surface area contributed by atoms with E-state index in [9.17, 15) is 14.4 Å². The number of carboxylic acid groups (broad SMARTS) is 1. The number of benzene rings is 2. The van der Waals surface area contributed by atoms with E-state index < -0.39 is 24.0 Å². The summed E-state index contributed by atoms with van der Waals surface area (Å²) in [4.78, 5) is 34.0. The van der Waals surface area contributed by atoms with Crippen LogP contribution in [0.25, 0.3) is 11.1 Å². The lowest BCUT2D eigenvalue weighted by molar-refractivity contribution is -0.143. The number of aliphatic carboxylic acids is 1. The Balaban J connectivity index is 1.30. The van der Waals surface area contributed by atoms with E-state index in [0.29, 0.717) is 0 Å². The molecule has 0 unspecified atom stereocenters. The summed E-state index contributed by atoms with van der Waals surface area (Å²) in [5.41, 5.74) is 4.64. The Morgan fingerprint density at radius 1 is 0.939 bits per heavy atom. The first-order chi connectivity index (χ1) is 16.0. The average Bonchev–Trinajstić information content (AvgIpc) is 3.12. The van der Waals surface area contributed by atoms with Gasteiger partial charge >= 0.3 is 12.1 Å². The zero-order valence-corrected chi connectivity index (χ0v) is 18.4. The maximum Gasteiger partial charge on any atom is 0.407 e. The molecular weight excluding hydrogens is 428 g/mol. The van der Waals surface area contributed by atoms with Crippen molar-refractivity contribution in [1.82, 2.24) is 10.6 Å². The van der Waals surface area contributed by atoms with E-state index in [-0.39, 0.29) is 45.5 Å². The zero-order chi connectivity index (χ0) is 23.6. The smallest absolute Gasteiger partial charge is 0.407 e. The van der Waals surface area contributed by atoms with Crippen molar-refractivity contribution in [3.8, 4) is 11.1 Å². The van der Waals surface area contributed by atoms with Gasteiger partial charge in [0.15, 0.2) is 6.04 Å². The Morgan fingerprint density at radius 3 is 2.15 bits per heavy atom. The molecule has 3 N–H and O–H groups in total. The molecule has 3 rings (SSSR count). The van der Waals surface area contributed by atoms with E-state index in [1.807, 2.05) is 24.3 Å². The van der Waals surface area contributed by atoms with Crippen molar-refractivity contribution in [2.45, 2.75) is 18.9 Å². The summed E-state index contributed by atoms with van der Waals surface area (Å²) in [5.74, 6) is -1.61. The summed E-state index contributed by atoms with van der Waals surface area (Å²) in [6.07, 6.45) is -0.517. The van der Waals surface area contributed by atoms with Crippen LogP contribution in [-0.2, 0) is 23.8 Å². The third-order valence-electron chi connectivity index (χ3n) is 5.19. The highest BCUT2D eigenvalue weighted by molar-refractivity contribution is 5.82. The largest absolute Gasteiger partial charge is 0.480 e. The van der Waals surface area contributed by atoms with Crippen LogP contribution in [0.4, 0.5) is 4.79 Å². The molecule has 1 aliphatic carbocycles. The first-order valence-corrected chi connectivity index (χ1v) is 10.7. The predicted octanol–water partition coefficient (Wildman–Crippen LogP) is 2.15. The number of carboxylic acids is 1. The van der Waals surface area contributed by atoms with Crippen molar-refractivity contribution < 1.29 is 33.7 Å². The monoisotopic (exact) mass is 456 g/mol. The minimum atomic E-state index is -1.17. The summed E-state index contributed by atoms with van der Waals surface area (Å²) in [7, 11) is 0. The maximum atomic E-state index is 12.1. The van der Waals surface area contributed by atoms with Gasteiger partial charge < -0.3 is 30.0 Å². The number of hydrogen-bond donors (Lipinski definition) is 3. The molecule has 2 aromatic carbocycles. The second kappa shape index (κ2) is 12.0. The molecule has 2 aromatic rings. The van der Waals surface area contributed by atoms with Crippen LogP contribution < -0.4 is 10.6 Å². The molecule has 9 heteroatoms. The Bertz CT molecular complexity index is 933. The lowest BCUT2D eigenvalue weighted by atomic mass is 9.98. The fourth-order valence-electron chi connectivity index (χ4n) is 3.72. The first kappa shape index (κ1) is 24.2. The van der Waals surface area contributed by atoms with E-state index in [1.165, 1.54) is 18.1 Å². The van der Waals surface area contributed by atoms with E-state index in [0.717, 1.165) is 11.1 Å². The minimum absolute atomic E-state index is 0.00340.